The molecule has 16 heavy (non-hydrogen) atoms. The molecule has 4 N–H and O–H groups in total. The van der Waals surface area contributed by atoms with Crippen LogP contribution in [0.5, 0.6) is 0 Å². The van der Waals surface area contributed by atoms with Gasteiger partial charge in [-0.15, -0.1) is 0 Å². The summed E-state index contributed by atoms with van der Waals surface area (Å²) in [5.74, 6) is 6.08. The van der Waals surface area contributed by atoms with Crippen molar-refractivity contribution < 1.29 is 4.74 Å². The van der Waals surface area contributed by atoms with Crippen molar-refractivity contribution in [2.75, 3.05) is 33.3 Å². The van der Waals surface area contributed by atoms with Crippen LogP contribution in [0.1, 0.15) is 12.8 Å². The molecule has 0 amide bonds. The van der Waals surface area contributed by atoms with Crippen LogP contribution >= 0.6 is 0 Å². The van der Waals surface area contributed by atoms with Crippen LogP contribution in [0, 0.1) is 0 Å². The van der Waals surface area contributed by atoms with E-state index in [0.29, 0.717) is 18.5 Å². The Hall–Kier alpha value is -0.850. The van der Waals surface area contributed by atoms with Gasteiger partial charge in [-0.1, -0.05) is 0 Å². The van der Waals surface area contributed by atoms with E-state index in [1.54, 1.807) is 0 Å². The van der Waals surface area contributed by atoms with Crippen LogP contribution in [-0.2, 0) is 4.74 Å². The fraction of sp³-hybridized carbons (Fsp3) is 0.900. The van der Waals surface area contributed by atoms with Crippen molar-refractivity contribution in [2.45, 2.75) is 25.0 Å². The quantitative estimate of drug-likeness (QED) is 0.247. The van der Waals surface area contributed by atoms with E-state index in [9.17, 15) is 0 Å². The molecule has 6 nitrogen and oxygen atoms in total. The number of rotatable bonds is 3. The van der Waals surface area contributed by atoms with Gasteiger partial charge in [0.2, 0.25) is 5.96 Å². The van der Waals surface area contributed by atoms with Gasteiger partial charge in [-0.05, 0) is 19.9 Å². The van der Waals surface area contributed by atoms with Gasteiger partial charge in [-0.25, -0.2) is 10.8 Å². The molecule has 0 spiro atoms. The first-order valence-electron chi connectivity index (χ1n) is 5.85. The summed E-state index contributed by atoms with van der Waals surface area (Å²) in [6.07, 6.45) is 2.61. The Bertz CT molecular complexity index is 254. The average Bonchev–Trinajstić information content (AvgIpc) is 3.08. The monoisotopic (exact) mass is 227 g/mol. The lowest BCUT2D eigenvalue weighted by Gasteiger charge is -2.29. The smallest absolute Gasteiger partial charge is 0.206 e. The zero-order valence-electron chi connectivity index (χ0n) is 9.78. The van der Waals surface area contributed by atoms with E-state index in [1.165, 1.54) is 12.8 Å². The molecule has 0 aromatic carbocycles. The Balaban J connectivity index is 1.75. The summed E-state index contributed by atoms with van der Waals surface area (Å²) in [5.41, 5.74) is 2.59. The average molecular weight is 227 g/mol. The Morgan fingerprint density at radius 2 is 2.38 bits per heavy atom. The Kier molecular flexibility index (Phi) is 3.98. The van der Waals surface area contributed by atoms with Crippen molar-refractivity contribution in [1.82, 2.24) is 15.6 Å². The largest absolute Gasteiger partial charge is 0.374 e. The maximum Gasteiger partial charge on any atom is 0.206 e. The van der Waals surface area contributed by atoms with Crippen molar-refractivity contribution in [1.29, 1.82) is 0 Å². The third-order valence-electron chi connectivity index (χ3n) is 2.85. The van der Waals surface area contributed by atoms with Gasteiger partial charge < -0.3 is 15.0 Å². The lowest BCUT2D eigenvalue weighted by Crippen LogP contribution is -2.45. The Morgan fingerprint density at radius 1 is 1.56 bits per heavy atom. The molecule has 1 saturated heterocycles. The molecule has 1 saturated carbocycles. The molecule has 1 aliphatic carbocycles. The van der Waals surface area contributed by atoms with E-state index in [1.807, 2.05) is 0 Å². The fourth-order valence-corrected chi connectivity index (χ4v) is 1.72. The highest BCUT2D eigenvalue weighted by Gasteiger charge is 2.22. The van der Waals surface area contributed by atoms with E-state index in [-0.39, 0.29) is 6.10 Å². The van der Waals surface area contributed by atoms with Crippen LogP contribution < -0.4 is 16.6 Å². The number of guanidine groups is 1. The molecule has 1 unspecified atom stereocenters. The maximum absolute atomic E-state index is 5.62. The first-order chi connectivity index (χ1) is 7.78. The number of hydrogen-bond donors (Lipinski definition) is 3. The molecule has 1 heterocycles. The van der Waals surface area contributed by atoms with Gasteiger partial charge >= 0.3 is 0 Å². The molecule has 0 radical (unpaired) electrons. The molecule has 2 rings (SSSR count). The number of ether oxygens (including phenoxy) is 1. The Morgan fingerprint density at radius 3 is 3.00 bits per heavy atom. The van der Waals surface area contributed by atoms with Crippen molar-refractivity contribution in [3.63, 3.8) is 0 Å². The lowest BCUT2D eigenvalue weighted by molar-refractivity contribution is -0.0136. The highest BCUT2D eigenvalue weighted by molar-refractivity contribution is 5.79. The van der Waals surface area contributed by atoms with E-state index >= 15 is 0 Å². The number of hydrazine groups is 1. The van der Waals surface area contributed by atoms with Crippen LogP contribution in [0.15, 0.2) is 4.99 Å². The molecule has 2 aliphatic rings. The fourth-order valence-electron chi connectivity index (χ4n) is 1.72. The topological polar surface area (TPSA) is 74.9 Å². The van der Waals surface area contributed by atoms with Gasteiger partial charge in [0.05, 0.1) is 19.3 Å². The number of hydrogen-bond acceptors (Lipinski definition) is 4. The van der Waals surface area contributed by atoms with Gasteiger partial charge in [-0.2, -0.15) is 0 Å². The minimum absolute atomic E-state index is 0.183. The molecule has 0 bridgehead atoms. The second-order valence-corrected chi connectivity index (χ2v) is 4.51. The Labute approximate surface area is 96.2 Å². The third kappa shape index (κ3) is 3.62. The molecule has 0 aromatic heterocycles. The minimum Gasteiger partial charge on any atom is -0.374 e. The van der Waals surface area contributed by atoms with Gasteiger partial charge in [0.1, 0.15) is 0 Å². The third-order valence-corrected chi connectivity index (χ3v) is 2.85. The van der Waals surface area contributed by atoms with Crippen LogP contribution in [-0.4, -0.2) is 56.3 Å². The summed E-state index contributed by atoms with van der Waals surface area (Å²) in [6.45, 7) is 3.38. The van der Waals surface area contributed by atoms with E-state index < -0.39 is 0 Å². The van der Waals surface area contributed by atoms with Gasteiger partial charge in [0.25, 0.3) is 0 Å². The number of aliphatic imine (C=N–C) groups is 1. The molecule has 92 valence electrons. The van der Waals surface area contributed by atoms with Gasteiger partial charge in [0.15, 0.2) is 0 Å². The number of nitrogens with two attached hydrogens (primary N) is 1. The molecule has 0 aromatic rings. The molecule has 1 atom stereocenters. The summed E-state index contributed by atoms with van der Waals surface area (Å²) in [4.78, 5) is 6.66. The van der Waals surface area contributed by atoms with Crippen LogP contribution in [0.4, 0.5) is 0 Å². The predicted octanol–water partition coefficient (Wildman–Crippen LogP) is -1.11. The number of nitrogens with one attached hydrogen (secondary N) is 2. The highest BCUT2D eigenvalue weighted by atomic mass is 16.5. The van der Waals surface area contributed by atoms with E-state index in [2.05, 4.69) is 27.7 Å². The van der Waals surface area contributed by atoms with Gasteiger partial charge in [-0.3, -0.25) is 5.43 Å². The lowest BCUT2D eigenvalue weighted by atomic mass is 10.3. The number of morpholine rings is 1. The molecule has 2 fully saturated rings. The van der Waals surface area contributed by atoms with Crippen LogP contribution in [0.25, 0.3) is 0 Å². The van der Waals surface area contributed by atoms with Gasteiger partial charge in [0, 0.05) is 19.1 Å². The van der Waals surface area contributed by atoms with E-state index in [4.69, 9.17) is 10.6 Å². The van der Waals surface area contributed by atoms with Crippen molar-refractivity contribution in [3.8, 4) is 0 Å². The first-order valence-corrected chi connectivity index (χ1v) is 5.85. The summed E-state index contributed by atoms with van der Waals surface area (Å²) in [7, 11) is 2.10. The van der Waals surface area contributed by atoms with E-state index in [0.717, 1.165) is 19.7 Å². The molecule has 1 aliphatic heterocycles. The zero-order valence-corrected chi connectivity index (χ0v) is 9.78. The van der Waals surface area contributed by atoms with Crippen LogP contribution in [0.2, 0.25) is 0 Å². The maximum atomic E-state index is 5.62. The summed E-state index contributed by atoms with van der Waals surface area (Å²) >= 11 is 0. The van der Waals surface area contributed by atoms with Crippen molar-refractivity contribution >= 4 is 5.96 Å². The summed E-state index contributed by atoms with van der Waals surface area (Å²) in [5, 5.41) is 3.24. The molecular weight excluding hydrogens is 206 g/mol. The van der Waals surface area contributed by atoms with Crippen LogP contribution in [0.3, 0.4) is 0 Å². The highest BCUT2D eigenvalue weighted by Crippen LogP contribution is 2.18. The number of likely N-dealkylation sites (N-methyl/N-ethyl adjacent to an activating group) is 1. The normalized spacial score (nSPS) is 27.9. The second-order valence-electron chi connectivity index (χ2n) is 4.51. The summed E-state index contributed by atoms with van der Waals surface area (Å²) in [6, 6.07) is 0.560. The zero-order chi connectivity index (χ0) is 11.4. The second kappa shape index (κ2) is 5.47. The standard InChI is InChI=1S/C10H21N5O/c1-15-4-5-16-9(7-15)6-12-10(14-11)13-8-2-3-8/h8-9H,2-7,11H2,1H3,(H2,12,13,14). The van der Waals surface area contributed by atoms with Crippen molar-refractivity contribution in [2.24, 2.45) is 10.8 Å². The summed E-state index contributed by atoms with van der Waals surface area (Å²) < 4.78 is 5.62. The molecular formula is C10H21N5O. The number of nitrogens with zero attached hydrogens (tertiary/aromatic N) is 2. The first kappa shape index (κ1) is 11.6. The molecule has 6 heteroatoms. The minimum atomic E-state index is 0.183. The SMILES string of the molecule is CN1CCOC(CN=C(NN)NC2CC2)C1. The predicted molar refractivity (Wildman–Crippen MR) is 63.0 cm³/mol. The van der Waals surface area contributed by atoms with Crippen molar-refractivity contribution in [3.05, 3.63) is 0 Å².